The SMILES string of the molecule is C=CC(C)(C)CC=CCCCCCCCC. The van der Waals surface area contributed by atoms with Crippen molar-refractivity contribution in [3.8, 4) is 0 Å². The summed E-state index contributed by atoms with van der Waals surface area (Å²) < 4.78 is 0. The molecule has 0 aromatic rings. The lowest BCUT2D eigenvalue weighted by Gasteiger charge is -2.16. The summed E-state index contributed by atoms with van der Waals surface area (Å²) in [4.78, 5) is 0. The minimum atomic E-state index is 0.262. The molecule has 0 aromatic carbocycles. The number of allylic oxidation sites excluding steroid dienone is 3. The first-order valence-electron chi connectivity index (χ1n) is 6.91. The van der Waals surface area contributed by atoms with Gasteiger partial charge in [-0.15, -0.1) is 6.58 Å². The predicted molar refractivity (Wildman–Crippen MR) is 75.7 cm³/mol. The molecule has 0 fully saturated rings. The minimum Gasteiger partial charge on any atom is -0.103 e. The maximum atomic E-state index is 3.86. The van der Waals surface area contributed by atoms with E-state index in [0.29, 0.717) is 0 Å². The van der Waals surface area contributed by atoms with Gasteiger partial charge >= 0.3 is 0 Å². The van der Waals surface area contributed by atoms with Crippen LogP contribution in [0.3, 0.4) is 0 Å². The first kappa shape index (κ1) is 15.5. The summed E-state index contributed by atoms with van der Waals surface area (Å²) >= 11 is 0. The van der Waals surface area contributed by atoms with Crippen molar-refractivity contribution in [2.45, 2.75) is 72.1 Å². The van der Waals surface area contributed by atoms with Gasteiger partial charge in [0.05, 0.1) is 0 Å². The molecule has 0 heterocycles. The van der Waals surface area contributed by atoms with E-state index in [1.165, 1.54) is 44.9 Å². The van der Waals surface area contributed by atoms with Crippen molar-refractivity contribution >= 4 is 0 Å². The van der Waals surface area contributed by atoms with E-state index < -0.39 is 0 Å². The fourth-order valence-corrected chi connectivity index (χ4v) is 1.63. The molecule has 94 valence electrons. The quantitative estimate of drug-likeness (QED) is 0.319. The first-order valence-corrected chi connectivity index (χ1v) is 6.91. The third-order valence-electron chi connectivity index (χ3n) is 3.09. The van der Waals surface area contributed by atoms with Gasteiger partial charge in [-0.05, 0) is 24.7 Å². The second-order valence-electron chi connectivity index (χ2n) is 5.42. The molecule has 0 saturated heterocycles. The molecule has 16 heavy (non-hydrogen) atoms. The van der Waals surface area contributed by atoms with E-state index in [0.717, 1.165) is 6.42 Å². The third-order valence-corrected chi connectivity index (χ3v) is 3.09. The second kappa shape index (κ2) is 9.69. The molecular formula is C16H30. The summed E-state index contributed by atoms with van der Waals surface area (Å²) in [7, 11) is 0. The Labute approximate surface area is 103 Å². The highest BCUT2D eigenvalue weighted by Gasteiger charge is 2.08. The van der Waals surface area contributed by atoms with Crippen LogP contribution in [0, 0.1) is 5.41 Å². The fraction of sp³-hybridized carbons (Fsp3) is 0.750. The molecule has 0 radical (unpaired) electrons. The smallest absolute Gasteiger partial charge is 0.0143 e. The Bertz CT molecular complexity index is 186. The van der Waals surface area contributed by atoms with Crippen LogP contribution in [0.1, 0.15) is 72.1 Å². The van der Waals surface area contributed by atoms with Crippen LogP contribution >= 0.6 is 0 Å². The third kappa shape index (κ3) is 10.0. The average Bonchev–Trinajstić information content (AvgIpc) is 2.27. The molecule has 0 unspecified atom stereocenters. The van der Waals surface area contributed by atoms with Crippen LogP contribution < -0.4 is 0 Å². The van der Waals surface area contributed by atoms with E-state index >= 15 is 0 Å². The summed E-state index contributed by atoms with van der Waals surface area (Å²) in [5.41, 5.74) is 0.262. The normalized spacial score (nSPS) is 12.2. The fourth-order valence-electron chi connectivity index (χ4n) is 1.63. The topological polar surface area (TPSA) is 0 Å². The molecule has 0 aliphatic heterocycles. The van der Waals surface area contributed by atoms with Gasteiger partial charge in [0.1, 0.15) is 0 Å². The van der Waals surface area contributed by atoms with Crippen molar-refractivity contribution in [1.82, 2.24) is 0 Å². The lowest BCUT2D eigenvalue weighted by atomic mass is 9.89. The molecule has 0 amide bonds. The molecule has 0 atom stereocenters. The Hall–Kier alpha value is -0.520. The maximum Gasteiger partial charge on any atom is -0.0143 e. The van der Waals surface area contributed by atoms with Crippen molar-refractivity contribution in [2.24, 2.45) is 5.41 Å². The van der Waals surface area contributed by atoms with Crippen molar-refractivity contribution < 1.29 is 0 Å². The van der Waals surface area contributed by atoms with Crippen LogP contribution in [0.4, 0.5) is 0 Å². The van der Waals surface area contributed by atoms with Crippen molar-refractivity contribution in [3.63, 3.8) is 0 Å². The molecular weight excluding hydrogens is 192 g/mol. The lowest BCUT2D eigenvalue weighted by Crippen LogP contribution is -2.03. The Kier molecular flexibility index (Phi) is 9.37. The van der Waals surface area contributed by atoms with Crippen LogP contribution in [0.15, 0.2) is 24.8 Å². The van der Waals surface area contributed by atoms with Gasteiger partial charge in [0.2, 0.25) is 0 Å². The molecule has 0 aliphatic rings. The minimum absolute atomic E-state index is 0.262. The number of unbranched alkanes of at least 4 members (excludes halogenated alkanes) is 6. The summed E-state index contributed by atoms with van der Waals surface area (Å²) in [6.45, 7) is 10.6. The zero-order chi connectivity index (χ0) is 12.3. The second-order valence-corrected chi connectivity index (χ2v) is 5.42. The molecule has 0 bridgehead atoms. The van der Waals surface area contributed by atoms with E-state index in [-0.39, 0.29) is 5.41 Å². The molecule has 0 aliphatic carbocycles. The van der Waals surface area contributed by atoms with Crippen LogP contribution in [-0.4, -0.2) is 0 Å². The summed E-state index contributed by atoms with van der Waals surface area (Å²) in [5.74, 6) is 0. The molecule has 0 saturated carbocycles. The van der Waals surface area contributed by atoms with Crippen molar-refractivity contribution in [2.75, 3.05) is 0 Å². The van der Waals surface area contributed by atoms with Gasteiger partial charge in [-0.1, -0.05) is 71.1 Å². The average molecular weight is 222 g/mol. The summed E-state index contributed by atoms with van der Waals surface area (Å²) in [6, 6.07) is 0. The van der Waals surface area contributed by atoms with Crippen LogP contribution in [0.5, 0.6) is 0 Å². The Balaban J connectivity index is 3.31. The summed E-state index contributed by atoms with van der Waals surface area (Å²) in [5, 5.41) is 0. The van der Waals surface area contributed by atoms with Gasteiger partial charge in [0.25, 0.3) is 0 Å². The largest absolute Gasteiger partial charge is 0.103 e. The molecule has 0 aromatic heterocycles. The zero-order valence-corrected chi connectivity index (χ0v) is 11.6. The lowest BCUT2D eigenvalue weighted by molar-refractivity contribution is 0.489. The van der Waals surface area contributed by atoms with E-state index in [1.807, 2.05) is 6.08 Å². The van der Waals surface area contributed by atoms with Gasteiger partial charge in [0, 0.05) is 0 Å². The van der Waals surface area contributed by atoms with E-state index in [2.05, 4.69) is 39.5 Å². The number of hydrogen-bond acceptors (Lipinski definition) is 0. The summed E-state index contributed by atoms with van der Waals surface area (Å²) in [6.07, 6.45) is 17.4. The van der Waals surface area contributed by atoms with Gasteiger partial charge in [-0.25, -0.2) is 0 Å². The monoisotopic (exact) mass is 222 g/mol. The number of hydrogen-bond donors (Lipinski definition) is 0. The van der Waals surface area contributed by atoms with Crippen LogP contribution in [0.25, 0.3) is 0 Å². The van der Waals surface area contributed by atoms with Crippen LogP contribution in [0.2, 0.25) is 0 Å². The highest BCUT2D eigenvalue weighted by Crippen LogP contribution is 2.21. The highest BCUT2D eigenvalue weighted by molar-refractivity contribution is 4.95. The molecule has 0 heteroatoms. The van der Waals surface area contributed by atoms with Gasteiger partial charge < -0.3 is 0 Å². The highest BCUT2D eigenvalue weighted by atomic mass is 14.1. The van der Waals surface area contributed by atoms with Crippen LogP contribution in [-0.2, 0) is 0 Å². The van der Waals surface area contributed by atoms with E-state index in [9.17, 15) is 0 Å². The Morgan fingerprint density at radius 1 is 0.938 bits per heavy atom. The van der Waals surface area contributed by atoms with Gasteiger partial charge in [-0.2, -0.15) is 0 Å². The maximum absolute atomic E-state index is 3.86. The van der Waals surface area contributed by atoms with E-state index in [1.54, 1.807) is 0 Å². The predicted octanol–water partition coefficient (Wildman–Crippen LogP) is 5.90. The standard InChI is InChI=1S/C16H30/c1-5-7-8-9-10-11-12-13-14-15-16(3,4)6-2/h6,13-14H,2,5,7-12,15H2,1,3-4H3. The number of rotatable bonds is 10. The van der Waals surface area contributed by atoms with Crippen molar-refractivity contribution in [3.05, 3.63) is 24.8 Å². The van der Waals surface area contributed by atoms with Crippen molar-refractivity contribution in [1.29, 1.82) is 0 Å². The molecule has 0 N–H and O–H groups in total. The van der Waals surface area contributed by atoms with Gasteiger partial charge in [0.15, 0.2) is 0 Å². The molecule has 0 spiro atoms. The van der Waals surface area contributed by atoms with E-state index in [4.69, 9.17) is 0 Å². The Morgan fingerprint density at radius 2 is 1.56 bits per heavy atom. The molecule has 0 nitrogen and oxygen atoms in total. The molecule has 0 rings (SSSR count). The van der Waals surface area contributed by atoms with Gasteiger partial charge in [-0.3, -0.25) is 0 Å². The Morgan fingerprint density at radius 3 is 2.19 bits per heavy atom. The first-order chi connectivity index (χ1) is 7.62. The zero-order valence-electron chi connectivity index (χ0n) is 11.6.